The van der Waals surface area contributed by atoms with E-state index in [1.165, 1.54) is 5.56 Å². The summed E-state index contributed by atoms with van der Waals surface area (Å²) in [5.74, 6) is -0.273. The molecule has 2 heteroatoms. The molecule has 18 heavy (non-hydrogen) atoms. The first-order chi connectivity index (χ1) is 8.35. The van der Waals surface area contributed by atoms with Crippen molar-refractivity contribution in [3.05, 3.63) is 47.5 Å². The van der Waals surface area contributed by atoms with Crippen LogP contribution < -0.4 is 0 Å². The number of fused-ring (bicyclic) bond motifs is 1. The molecule has 0 atom stereocenters. The molecule has 0 spiro atoms. The molecule has 2 nitrogen and oxygen atoms in total. The lowest BCUT2D eigenvalue weighted by Gasteiger charge is -2.19. The predicted octanol–water partition coefficient (Wildman–Crippen LogP) is 4.10. The number of carbonyl (C=O) groups is 1. The van der Waals surface area contributed by atoms with Gasteiger partial charge in [0.25, 0.3) is 0 Å². The van der Waals surface area contributed by atoms with E-state index >= 15 is 0 Å². The van der Waals surface area contributed by atoms with Crippen molar-refractivity contribution in [1.82, 2.24) is 0 Å². The van der Waals surface area contributed by atoms with Crippen molar-refractivity contribution in [2.24, 2.45) is 0 Å². The molecule has 0 amide bonds. The Bertz CT molecular complexity index is 592. The van der Waals surface area contributed by atoms with Gasteiger partial charge >= 0.3 is 5.97 Å². The van der Waals surface area contributed by atoms with Gasteiger partial charge in [0.15, 0.2) is 0 Å². The van der Waals surface area contributed by atoms with Gasteiger partial charge < -0.3 is 4.74 Å². The van der Waals surface area contributed by atoms with Gasteiger partial charge in [-0.05, 0) is 50.6 Å². The Morgan fingerprint density at radius 3 is 2.28 bits per heavy atom. The lowest BCUT2D eigenvalue weighted by Crippen LogP contribution is -2.23. The molecule has 2 aromatic rings. The molecule has 0 aliphatic heterocycles. The van der Waals surface area contributed by atoms with Gasteiger partial charge in [0.05, 0.1) is 5.56 Å². The lowest BCUT2D eigenvalue weighted by molar-refractivity contribution is 0.00697. The highest BCUT2D eigenvalue weighted by Gasteiger charge is 2.17. The van der Waals surface area contributed by atoms with Gasteiger partial charge in [-0.1, -0.05) is 29.8 Å². The Balaban J connectivity index is 2.36. The molecule has 2 rings (SSSR count). The van der Waals surface area contributed by atoms with Gasteiger partial charge in [-0.3, -0.25) is 0 Å². The second kappa shape index (κ2) is 4.45. The van der Waals surface area contributed by atoms with E-state index in [4.69, 9.17) is 4.74 Å². The zero-order chi connectivity index (χ0) is 13.3. The molecule has 2 aromatic carbocycles. The molecule has 0 unspecified atom stereocenters. The Kier molecular flexibility index (Phi) is 3.12. The average molecular weight is 242 g/mol. The fourth-order valence-corrected chi connectivity index (χ4v) is 1.83. The first-order valence-corrected chi connectivity index (χ1v) is 6.09. The van der Waals surface area contributed by atoms with E-state index in [1.807, 2.05) is 51.1 Å². The summed E-state index contributed by atoms with van der Waals surface area (Å²) < 4.78 is 5.36. The number of rotatable bonds is 1. The Labute approximate surface area is 108 Å². The Morgan fingerprint density at radius 2 is 1.61 bits per heavy atom. The topological polar surface area (TPSA) is 26.3 Å². The molecule has 0 aliphatic rings. The van der Waals surface area contributed by atoms with E-state index < -0.39 is 5.60 Å². The van der Waals surface area contributed by atoms with E-state index in [2.05, 4.69) is 13.0 Å². The third-order valence-corrected chi connectivity index (χ3v) is 2.63. The second-order valence-corrected chi connectivity index (χ2v) is 5.57. The summed E-state index contributed by atoms with van der Waals surface area (Å²) in [5, 5.41) is 2.20. The van der Waals surface area contributed by atoms with Gasteiger partial charge in [0, 0.05) is 0 Å². The number of benzene rings is 2. The van der Waals surface area contributed by atoms with Gasteiger partial charge in [-0.15, -0.1) is 0 Å². The summed E-state index contributed by atoms with van der Waals surface area (Å²) in [4.78, 5) is 11.9. The quantitative estimate of drug-likeness (QED) is 0.704. The van der Waals surface area contributed by atoms with Crippen LogP contribution in [0.3, 0.4) is 0 Å². The number of esters is 1. The van der Waals surface area contributed by atoms with Crippen molar-refractivity contribution in [3.63, 3.8) is 0 Å². The summed E-state index contributed by atoms with van der Waals surface area (Å²) in [7, 11) is 0. The first kappa shape index (κ1) is 12.6. The zero-order valence-electron chi connectivity index (χ0n) is 11.3. The second-order valence-electron chi connectivity index (χ2n) is 5.57. The normalized spacial score (nSPS) is 11.6. The molecule has 0 saturated heterocycles. The average Bonchev–Trinajstić information content (AvgIpc) is 2.26. The van der Waals surface area contributed by atoms with Crippen LogP contribution in [-0.2, 0) is 4.74 Å². The van der Waals surface area contributed by atoms with E-state index in [9.17, 15) is 4.79 Å². The third-order valence-electron chi connectivity index (χ3n) is 2.63. The predicted molar refractivity (Wildman–Crippen MR) is 73.9 cm³/mol. The van der Waals surface area contributed by atoms with Crippen molar-refractivity contribution in [2.75, 3.05) is 0 Å². The van der Waals surface area contributed by atoms with Crippen molar-refractivity contribution >= 4 is 16.7 Å². The summed E-state index contributed by atoms with van der Waals surface area (Å²) >= 11 is 0. The maximum Gasteiger partial charge on any atom is 0.338 e. The van der Waals surface area contributed by atoms with E-state index in [0.717, 1.165) is 10.8 Å². The smallest absolute Gasteiger partial charge is 0.338 e. The molecular weight excluding hydrogens is 224 g/mol. The monoisotopic (exact) mass is 242 g/mol. The molecule has 0 bridgehead atoms. The minimum atomic E-state index is -0.459. The summed E-state index contributed by atoms with van der Waals surface area (Å²) in [5.41, 5.74) is 1.35. The number of hydrogen-bond donors (Lipinski definition) is 0. The highest BCUT2D eigenvalue weighted by Crippen LogP contribution is 2.19. The first-order valence-electron chi connectivity index (χ1n) is 6.09. The molecule has 0 aromatic heterocycles. The number of aryl methyl sites for hydroxylation is 1. The van der Waals surface area contributed by atoms with Gasteiger partial charge in [0.2, 0.25) is 0 Å². The maximum atomic E-state index is 11.9. The van der Waals surface area contributed by atoms with Gasteiger partial charge in [-0.25, -0.2) is 4.79 Å². The fourth-order valence-electron chi connectivity index (χ4n) is 1.83. The highest BCUT2D eigenvalue weighted by atomic mass is 16.6. The summed E-state index contributed by atoms with van der Waals surface area (Å²) in [6, 6.07) is 11.8. The molecule has 0 heterocycles. The lowest BCUT2D eigenvalue weighted by atomic mass is 10.0. The van der Waals surface area contributed by atoms with Crippen molar-refractivity contribution in [3.8, 4) is 0 Å². The van der Waals surface area contributed by atoms with Crippen LogP contribution in [0.25, 0.3) is 10.8 Å². The highest BCUT2D eigenvalue weighted by molar-refractivity contribution is 5.95. The molecule has 0 fully saturated rings. The van der Waals surface area contributed by atoms with Gasteiger partial charge in [0.1, 0.15) is 5.60 Å². The van der Waals surface area contributed by atoms with Crippen LogP contribution in [-0.4, -0.2) is 11.6 Å². The van der Waals surface area contributed by atoms with Crippen molar-refractivity contribution < 1.29 is 9.53 Å². The molecular formula is C16H18O2. The number of hydrogen-bond acceptors (Lipinski definition) is 2. The standard InChI is InChI=1S/C16H18O2/c1-11-5-6-13-10-14(8-7-12(13)9-11)15(17)18-16(2,3)4/h5-10H,1-4H3. The van der Waals surface area contributed by atoms with E-state index in [1.54, 1.807) is 0 Å². The number of carbonyl (C=O) groups excluding carboxylic acids is 1. The zero-order valence-corrected chi connectivity index (χ0v) is 11.3. The van der Waals surface area contributed by atoms with Crippen molar-refractivity contribution in [2.45, 2.75) is 33.3 Å². The Morgan fingerprint density at radius 1 is 1.00 bits per heavy atom. The van der Waals surface area contributed by atoms with E-state index in [-0.39, 0.29) is 5.97 Å². The molecule has 0 aliphatic carbocycles. The van der Waals surface area contributed by atoms with Crippen LogP contribution in [0.2, 0.25) is 0 Å². The summed E-state index contributed by atoms with van der Waals surface area (Å²) in [6.45, 7) is 7.67. The van der Waals surface area contributed by atoms with E-state index in [0.29, 0.717) is 5.56 Å². The SMILES string of the molecule is Cc1ccc2cc(C(=O)OC(C)(C)C)ccc2c1. The number of ether oxygens (including phenoxy) is 1. The van der Waals surface area contributed by atoms with Crippen LogP contribution in [0.4, 0.5) is 0 Å². The van der Waals surface area contributed by atoms with Gasteiger partial charge in [-0.2, -0.15) is 0 Å². The summed E-state index contributed by atoms with van der Waals surface area (Å²) in [6.07, 6.45) is 0. The molecule has 0 N–H and O–H groups in total. The maximum absolute atomic E-state index is 11.9. The van der Waals surface area contributed by atoms with Crippen molar-refractivity contribution in [1.29, 1.82) is 0 Å². The molecule has 94 valence electrons. The van der Waals surface area contributed by atoms with Crippen LogP contribution in [0.15, 0.2) is 36.4 Å². The van der Waals surface area contributed by atoms with Crippen LogP contribution >= 0.6 is 0 Å². The molecule has 0 saturated carbocycles. The van der Waals surface area contributed by atoms with Crippen LogP contribution in [0.1, 0.15) is 36.7 Å². The molecule has 0 radical (unpaired) electrons. The Hall–Kier alpha value is -1.83. The third kappa shape index (κ3) is 2.89. The van der Waals surface area contributed by atoms with Crippen LogP contribution in [0.5, 0.6) is 0 Å². The van der Waals surface area contributed by atoms with Crippen LogP contribution in [0, 0.1) is 6.92 Å². The minimum absolute atomic E-state index is 0.273. The fraction of sp³-hybridized carbons (Fsp3) is 0.312. The minimum Gasteiger partial charge on any atom is -0.456 e. The largest absolute Gasteiger partial charge is 0.456 e.